The second kappa shape index (κ2) is 4.66. The summed E-state index contributed by atoms with van der Waals surface area (Å²) in [6, 6.07) is 7.70. The van der Waals surface area contributed by atoms with Crippen LogP contribution in [0.4, 0.5) is 5.69 Å². The Hall–Kier alpha value is -1.35. The van der Waals surface area contributed by atoms with Gasteiger partial charge < -0.3 is 9.64 Å². The molecule has 1 fully saturated rings. The van der Waals surface area contributed by atoms with Gasteiger partial charge in [-0.1, -0.05) is 0 Å². The number of morpholine rings is 1. The minimum Gasteiger partial charge on any atom is -0.372 e. The van der Waals surface area contributed by atoms with Gasteiger partial charge in [-0.05, 0) is 38.1 Å². The van der Waals surface area contributed by atoms with E-state index in [1.165, 1.54) is 0 Å². The quantitative estimate of drug-likeness (QED) is 0.713. The molecule has 0 saturated carbocycles. The fourth-order valence-corrected chi connectivity index (χ4v) is 2.15. The van der Waals surface area contributed by atoms with E-state index in [1.54, 1.807) is 0 Å². The Bertz CT molecular complexity index is 351. The molecule has 1 aromatic rings. The molecule has 0 N–H and O–H groups in total. The summed E-state index contributed by atoms with van der Waals surface area (Å²) >= 11 is 0. The van der Waals surface area contributed by atoms with Gasteiger partial charge in [0.1, 0.15) is 6.29 Å². The molecule has 0 aromatic heterocycles. The second-order valence-corrected chi connectivity index (χ2v) is 4.37. The van der Waals surface area contributed by atoms with Gasteiger partial charge in [0.15, 0.2) is 0 Å². The second-order valence-electron chi connectivity index (χ2n) is 4.37. The van der Waals surface area contributed by atoms with E-state index < -0.39 is 0 Å². The van der Waals surface area contributed by atoms with E-state index in [2.05, 4.69) is 18.7 Å². The predicted molar refractivity (Wildman–Crippen MR) is 64.1 cm³/mol. The Labute approximate surface area is 96.0 Å². The van der Waals surface area contributed by atoms with Crippen molar-refractivity contribution in [3.63, 3.8) is 0 Å². The van der Waals surface area contributed by atoms with Crippen LogP contribution in [0.1, 0.15) is 24.2 Å². The first-order valence-electron chi connectivity index (χ1n) is 5.64. The lowest BCUT2D eigenvalue weighted by Gasteiger charge is -2.36. The third kappa shape index (κ3) is 2.42. The van der Waals surface area contributed by atoms with Gasteiger partial charge in [0.25, 0.3) is 0 Å². The van der Waals surface area contributed by atoms with E-state index in [1.807, 2.05) is 24.3 Å². The van der Waals surface area contributed by atoms with Crippen LogP contribution in [0.15, 0.2) is 24.3 Å². The fraction of sp³-hybridized carbons (Fsp3) is 0.462. The Morgan fingerprint density at radius 2 is 1.75 bits per heavy atom. The van der Waals surface area contributed by atoms with Crippen molar-refractivity contribution in [1.29, 1.82) is 0 Å². The van der Waals surface area contributed by atoms with E-state index in [9.17, 15) is 4.79 Å². The summed E-state index contributed by atoms with van der Waals surface area (Å²) in [7, 11) is 0. The Balaban J connectivity index is 2.13. The van der Waals surface area contributed by atoms with Crippen LogP contribution in [0.2, 0.25) is 0 Å². The lowest BCUT2D eigenvalue weighted by Crippen LogP contribution is -2.45. The molecule has 0 spiro atoms. The van der Waals surface area contributed by atoms with Crippen LogP contribution in [0.5, 0.6) is 0 Å². The van der Waals surface area contributed by atoms with Crippen molar-refractivity contribution in [2.45, 2.75) is 26.1 Å². The van der Waals surface area contributed by atoms with Crippen molar-refractivity contribution in [2.75, 3.05) is 18.0 Å². The third-order valence-corrected chi connectivity index (χ3v) is 2.81. The zero-order valence-corrected chi connectivity index (χ0v) is 9.72. The zero-order valence-electron chi connectivity index (χ0n) is 9.72. The molecule has 1 aliphatic rings. The molecule has 3 nitrogen and oxygen atoms in total. The maximum absolute atomic E-state index is 10.6. The number of carbonyl (C=O) groups is 1. The molecule has 86 valence electrons. The lowest BCUT2D eigenvalue weighted by atomic mass is 10.1. The normalized spacial score (nSPS) is 25.5. The molecule has 1 aliphatic heterocycles. The van der Waals surface area contributed by atoms with Gasteiger partial charge in [-0.3, -0.25) is 4.79 Å². The maximum Gasteiger partial charge on any atom is 0.150 e. The van der Waals surface area contributed by atoms with Crippen LogP contribution in [0.25, 0.3) is 0 Å². The molecule has 2 atom stereocenters. The molecule has 0 aliphatic carbocycles. The predicted octanol–water partition coefficient (Wildman–Crippen LogP) is 2.11. The highest BCUT2D eigenvalue weighted by molar-refractivity contribution is 5.75. The number of ether oxygens (including phenoxy) is 1. The lowest BCUT2D eigenvalue weighted by molar-refractivity contribution is -0.00521. The van der Waals surface area contributed by atoms with Crippen LogP contribution < -0.4 is 4.90 Å². The largest absolute Gasteiger partial charge is 0.372 e. The van der Waals surface area contributed by atoms with E-state index >= 15 is 0 Å². The molecule has 1 heterocycles. The van der Waals surface area contributed by atoms with Gasteiger partial charge in [-0.25, -0.2) is 0 Å². The monoisotopic (exact) mass is 219 g/mol. The first-order chi connectivity index (χ1) is 7.69. The molecule has 2 rings (SSSR count). The van der Waals surface area contributed by atoms with Gasteiger partial charge >= 0.3 is 0 Å². The number of benzene rings is 1. The number of nitrogens with zero attached hydrogens (tertiary/aromatic N) is 1. The topological polar surface area (TPSA) is 29.5 Å². The summed E-state index contributed by atoms with van der Waals surface area (Å²) < 4.78 is 5.68. The molecular weight excluding hydrogens is 202 g/mol. The molecule has 3 heteroatoms. The molecule has 0 bridgehead atoms. The summed E-state index contributed by atoms with van der Waals surface area (Å²) in [4.78, 5) is 12.9. The number of anilines is 1. The Morgan fingerprint density at radius 1 is 1.19 bits per heavy atom. The minimum atomic E-state index is 0.259. The number of rotatable bonds is 2. The van der Waals surface area contributed by atoms with Crippen molar-refractivity contribution in [3.05, 3.63) is 29.8 Å². The highest BCUT2D eigenvalue weighted by Crippen LogP contribution is 2.20. The van der Waals surface area contributed by atoms with Crippen LogP contribution in [-0.2, 0) is 4.74 Å². The summed E-state index contributed by atoms with van der Waals surface area (Å²) in [5.41, 5.74) is 1.88. The van der Waals surface area contributed by atoms with Crippen molar-refractivity contribution >= 4 is 12.0 Å². The minimum absolute atomic E-state index is 0.259. The molecule has 1 aromatic carbocycles. The molecular formula is C13H17NO2. The van der Waals surface area contributed by atoms with E-state index in [0.29, 0.717) is 0 Å². The first kappa shape index (κ1) is 11.1. The van der Waals surface area contributed by atoms with Gasteiger partial charge in [0, 0.05) is 24.3 Å². The van der Waals surface area contributed by atoms with E-state index in [4.69, 9.17) is 4.74 Å². The fourth-order valence-electron chi connectivity index (χ4n) is 2.15. The number of hydrogen-bond donors (Lipinski definition) is 0. The molecule has 2 unspecified atom stereocenters. The SMILES string of the molecule is CC1CN(c2ccc(C=O)cc2)CC(C)O1. The summed E-state index contributed by atoms with van der Waals surface area (Å²) in [5.74, 6) is 0. The van der Waals surface area contributed by atoms with Gasteiger partial charge in [0.05, 0.1) is 12.2 Å². The van der Waals surface area contributed by atoms with Crippen molar-refractivity contribution in [2.24, 2.45) is 0 Å². The van der Waals surface area contributed by atoms with Crippen LogP contribution in [0, 0.1) is 0 Å². The number of hydrogen-bond acceptors (Lipinski definition) is 3. The van der Waals surface area contributed by atoms with Gasteiger partial charge in [-0.2, -0.15) is 0 Å². The highest BCUT2D eigenvalue weighted by Gasteiger charge is 2.22. The van der Waals surface area contributed by atoms with Gasteiger partial charge in [-0.15, -0.1) is 0 Å². The van der Waals surface area contributed by atoms with E-state index in [0.717, 1.165) is 30.6 Å². The summed E-state index contributed by atoms with van der Waals surface area (Å²) in [6.45, 7) is 5.99. The molecule has 1 saturated heterocycles. The van der Waals surface area contributed by atoms with Gasteiger partial charge in [0.2, 0.25) is 0 Å². The summed E-state index contributed by atoms with van der Waals surface area (Å²) in [5, 5.41) is 0. The van der Waals surface area contributed by atoms with Crippen LogP contribution >= 0.6 is 0 Å². The van der Waals surface area contributed by atoms with Crippen LogP contribution in [0.3, 0.4) is 0 Å². The van der Waals surface area contributed by atoms with Crippen LogP contribution in [-0.4, -0.2) is 31.6 Å². The van der Waals surface area contributed by atoms with E-state index in [-0.39, 0.29) is 12.2 Å². The Morgan fingerprint density at radius 3 is 2.25 bits per heavy atom. The maximum atomic E-state index is 10.6. The van der Waals surface area contributed by atoms with Crippen molar-refractivity contribution in [1.82, 2.24) is 0 Å². The molecule has 0 radical (unpaired) electrons. The van der Waals surface area contributed by atoms with Crippen molar-refractivity contribution in [3.8, 4) is 0 Å². The van der Waals surface area contributed by atoms with Crippen molar-refractivity contribution < 1.29 is 9.53 Å². The third-order valence-electron chi connectivity index (χ3n) is 2.81. The molecule has 16 heavy (non-hydrogen) atoms. The average Bonchev–Trinajstić information content (AvgIpc) is 2.28. The summed E-state index contributed by atoms with van der Waals surface area (Å²) in [6.07, 6.45) is 1.39. The highest BCUT2D eigenvalue weighted by atomic mass is 16.5. The standard InChI is InChI=1S/C13H17NO2/c1-10-7-14(8-11(2)16-10)13-5-3-12(9-15)4-6-13/h3-6,9-11H,7-8H2,1-2H3. The number of carbonyl (C=O) groups excluding carboxylic acids is 1. The zero-order chi connectivity index (χ0) is 11.5. The first-order valence-corrected chi connectivity index (χ1v) is 5.64. The Kier molecular flexibility index (Phi) is 3.25. The average molecular weight is 219 g/mol. The molecule has 0 amide bonds. The number of aldehydes is 1. The smallest absolute Gasteiger partial charge is 0.150 e.